The van der Waals surface area contributed by atoms with E-state index in [1.54, 1.807) is 12.1 Å². The summed E-state index contributed by atoms with van der Waals surface area (Å²) in [5.74, 6) is -0.542. The van der Waals surface area contributed by atoms with Crippen LogP contribution in [0.2, 0.25) is 0 Å². The van der Waals surface area contributed by atoms with E-state index in [4.69, 9.17) is 4.74 Å². The van der Waals surface area contributed by atoms with Crippen LogP contribution in [0.3, 0.4) is 0 Å². The van der Waals surface area contributed by atoms with Crippen molar-refractivity contribution in [3.05, 3.63) is 48.2 Å². The van der Waals surface area contributed by atoms with Crippen molar-refractivity contribution in [3.8, 4) is 11.6 Å². The van der Waals surface area contributed by atoms with Crippen molar-refractivity contribution in [2.75, 3.05) is 18.6 Å². The zero-order valence-electron chi connectivity index (χ0n) is 14.1. The number of ether oxygens (including phenoxy) is 2. The topological polar surface area (TPSA) is 72.0 Å². The Morgan fingerprint density at radius 1 is 1.15 bits per heavy atom. The Morgan fingerprint density at radius 3 is 2.48 bits per heavy atom. The summed E-state index contributed by atoms with van der Waals surface area (Å²) < 4.78 is 45.5. The van der Waals surface area contributed by atoms with Crippen LogP contribution < -0.4 is 14.4 Å². The smallest absolute Gasteiger partial charge is 0.481 e. The van der Waals surface area contributed by atoms with Gasteiger partial charge in [-0.15, -0.1) is 13.2 Å². The van der Waals surface area contributed by atoms with Gasteiger partial charge in [0, 0.05) is 18.8 Å². The number of hydrogen-bond acceptors (Lipinski definition) is 5. The number of imide groups is 1. The quantitative estimate of drug-likeness (QED) is 0.745. The van der Waals surface area contributed by atoms with Crippen LogP contribution in [-0.2, 0) is 11.3 Å². The van der Waals surface area contributed by atoms with Gasteiger partial charge in [0.1, 0.15) is 12.3 Å². The summed E-state index contributed by atoms with van der Waals surface area (Å²) in [5, 5.41) is 0. The van der Waals surface area contributed by atoms with E-state index in [2.05, 4.69) is 9.72 Å². The Morgan fingerprint density at radius 2 is 1.85 bits per heavy atom. The maximum Gasteiger partial charge on any atom is 0.573 e. The van der Waals surface area contributed by atoms with E-state index in [0.717, 1.165) is 22.6 Å². The summed E-state index contributed by atoms with van der Waals surface area (Å²) >= 11 is 0. The standard InChI is InChI=1S/C17H14F3N3O4/c1-26-14-8-11(6-7-21-14)9-22-10-15(24)23(16(22)25)12-2-4-13(5-3-12)27-17(18,19)20/h2-8H,9-10H2,1H3. The molecule has 1 saturated heterocycles. The van der Waals surface area contributed by atoms with Crippen molar-refractivity contribution in [3.63, 3.8) is 0 Å². The molecule has 0 spiro atoms. The maximum absolute atomic E-state index is 12.6. The predicted molar refractivity (Wildman–Crippen MR) is 87.2 cm³/mol. The third-order valence-electron chi connectivity index (χ3n) is 3.75. The molecule has 10 heteroatoms. The first-order valence-electron chi connectivity index (χ1n) is 7.73. The van der Waals surface area contributed by atoms with Gasteiger partial charge in [-0.1, -0.05) is 0 Å². The molecular weight excluding hydrogens is 367 g/mol. The van der Waals surface area contributed by atoms with Crippen molar-refractivity contribution < 1.29 is 32.2 Å². The summed E-state index contributed by atoms with van der Waals surface area (Å²) in [6, 6.07) is 7.28. The molecule has 27 heavy (non-hydrogen) atoms. The van der Waals surface area contributed by atoms with E-state index in [0.29, 0.717) is 5.88 Å². The van der Waals surface area contributed by atoms with Gasteiger partial charge in [0.2, 0.25) is 5.88 Å². The van der Waals surface area contributed by atoms with Gasteiger partial charge < -0.3 is 14.4 Å². The molecule has 1 aromatic heterocycles. The van der Waals surface area contributed by atoms with Gasteiger partial charge in [-0.25, -0.2) is 14.7 Å². The van der Waals surface area contributed by atoms with E-state index in [1.165, 1.54) is 30.3 Å². The maximum atomic E-state index is 12.6. The van der Waals surface area contributed by atoms with Crippen molar-refractivity contribution in [1.29, 1.82) is 0 Å². The van der Waals surface area contributed by atoms with Gasteiger partial charge in [-0.05, 0) is 35.9 Å². The highest BCUT2D eigenvalue weighted by atomic mass is 19.4. The lowest BCUT2D eigenvalue weighted by Gasteiger charge is -2.18. The van der Waals surface area contributed by atoms with Gasteiger partial charge in [0.05, 0.1) is 12.8 Å². The highest BCUT2D eigenvalue weighted by Gasteiger charge is 2.37. The molecule has 1 aliphatic heterocycles. The lowest BCUT2D eigenvalue weighted by Crippen LogP contribution is -2.32. The van der Waals surface area contributed by atoms with E-state index >= 15 is 0 Å². The van der Waals surface area contributed by atoms with Crippen molar-refractivity contribution in [2.45, 2.75) is 12.9 Å². The third kappa shape index (κ3) is 4.27. The number of benzene rings is 1. The number of aromatic nitrogens is 1. The molecule has 0 bridgehead atoms. The average molecular weight is 381 g/mol. The van der Waals surface area contributed by atoms with Crippen molar-refractivity contribution in [1.82, 2.24) is 9.88 Å². The minimum absolute atomic E-state index is 0.149. The molecule has 2 aromatic rings. The number of carbonyl (C=O) groups excluding carboxylic acids is 2. The highest BCUT2D eigenvalue weighted by Crippen LogP contribution is 2.28. The normalized spacial score (nSPS) is 14.7. The Balaban J connectivity index is 1.74. The molecule has 1 aliphatic rings. The molecule has 2 heterocycles. The molecule has 7 nitrogen and oxygen atoms in total. The number of methoxy groups -OCH3 is 1. The second-order valence-electron chi connectivity index (χ2n) is 5.62. The summed E-state index contributed by atoms with van der Waals surface area (Å²) in [4.78, 5) is 31.0. The van der Waals surface area contributed by atoms with Gasteiger partial charge >= 0.3 is 12.4 Å². The van der Waals surface area contributed by atoms with Crippen LogP contribution in [0.15, 0.2) is 42.6 Å². The van der Waals surface area contributed by atoms with Gasteiger partial charge in [-0.3, -0.25) is 4.79 Å². The molecule has 142 valence electrons. The fraction of sp³-hybridized carbons (Fsp3) is 0.235. The second kappa shape index (κ2) is 7.14. The van der Waals surface area contributed by atoms with Crippen LogP contribution in [0.5, 0.6) is 11.6 Å². The van der Waals surface area contributed by atoms with Crippen LogP contribution >= 0.6 is 0 Å². The number of pyridine rings is 1. The molecule has 0 aliphatic carbocycles. The fourth-order valence-corrected chi connectivity index (χ4v) is 2.61. The van der Waals surface area contributed by atoms with Crippen LogP contribution in [0, 0.1) is 0 Å². The van der Waals surface area contributed by atoms with E-state index in [-0.39, 0.29) is 18.8 Å². The number of rotatable bonds is 5. The van der Waals surface area contributed by atoms with Crippen molar-refractivity contribution in [2.24, 2.45) is 0 Å². The minimum Gasteiger partial charge on any atom is -0.481 e. The average Bonchev–Trinajstić information content (AvgIpc) is 2.88. The monoisotopic (exact) mass is 381 g/mol. The Hall–Kier alpha value is -3.30. The van der Waals surface area contributed by atoms with E-state index < -0.39 is 24.1 Å². The first-order valence-corrected chi connectivity index (χ1v) is 7.73. The number of amides is 3. The molecule has 0 unspecified atom stereocenters. The molecule has 0 N–H and O–H groups in total. The SMILES string of the molecule is COc1cc(CN2CC(=O)N(c3ccc(OC(F)(F)F)cc3)C2=O)ccn1. The molecule has 0 atom stereocenters. The molecular formula is C17H14F3N3O4. The number of carbonyl (C=O) groups is 2. The number of nitrogens with zero attached hydrogens (tertiary/aromatic N) is 3. The van der Waals surface area contributed by atoms with E-state index in [1.807, 2.05) is 0 Å². The number of hydrogen-bond donors (Lipinski definition) is 0. The lowest BCUT2D eigenvalue weighted by molar-refractivity contribution is -0.274. The second-order valence-corrected chi connectivity index (χ2v) is 5.62. The van der Waals surface area contributed by atoms with Gasteiger partial charge in [0.25, 0.3) is 5.91 Å². The molecule has 0 saturated carbocycles. The molecule has 3 amide bonds. The number of urea groups is 1. The largest absolute Gasteiger partial charge is 0.573 e. The first-order chi connectivity index (χ1) is 12.8. The number of anilines is 1. The molecule has 1 fully saturated rings. The zero-order chi connectivity index (χ0) is 19.6. The Bertz CT molecular complexity index is 855. The summed E-state index contributed by atoms with van der Waals surface area (Å²) in [7, 11) is 1.46. The van der Waals surface area contributed by atoms with Crippen LogP contribution in [-0.4, -0.2) is 41.8 Å². The Labute approximate surface area is 151 Å². The third-order valence-corrected chi connectivity index (χ3v) is 3.75. The van der Waals surface area contributed by atoms with Gasteiger partial charge in [-0.2, -0.15) is 0 Å². The minimum atomic E-state index is -4.82. The number of halogens is 3. The van der Waals surface area contributed by atoms with Crippen LogP contribution in [0.4, 0.5) is 23.7 Å². The predicted octanol–water partition coefficient (Wildman–Crippen LogP) is 2.96. The zero-order valence-corrected chi connectivity index (χ0v) is 14.1. The van der Waals surface area contributed by atoms with E-state index in [9.17, 15) is 22.8 Å². The fourth-order valence-electron chi connectivity index (χ4n) is 2.61. The van der Waals surface area contributed by atoms with Crippen LogP contribution in [0.1, 0.15) is 5.56 Å². The lowest BCUT2D eigenvalue weighted by atomic mass is 10.2. The van der Waals surface area contributed by atoms with Crippen molar-refractivity contribution >= 4 is 17.6 Å². The summed E-state index contributed by atoms with van der Waals surface area (Å²) in [5.41, 5.74) is 0.883. The molecule has 0 radical (unpaired) electrons. The van der Waals surface area contributed by atoms with Gasteiger partial charge in [0.15, 0.2) is 0 Å². The molecule has 1 aromatic carbocycles. The highest BCUT2D eigenvalue weighted by molar-refractivity contribution is 6.19. The summed E-state index contributed by atoms with van der Waals surface area (Å²) in [6.45, 7) is 0.0134. The first kappa shape index (κ1) is 18.5. The van der Waals surface area contributed by atoms with Crippen LogP contribution in [0.25, 0.3) is 0 Å². The summed E-state index contributed by atoms with van der Waals surface area (Å²) in [6.07, 6.45) is -3.29. The number of alkyl halides is 3. The molecule has 3 rings (SSSR count). The Kier molecular flexibility index (Phi) is 4.89.